The van der Waals surface area contributed by atoms with Crippen LogP contribution in [0.3, 0.4) is 0 Å². The minimum Gasteiger partial charge on any atom is -0.484 e. The first-order valence-electron chi connectivity index (χ1n) is 15.9. The second kappa shape index (κ2) is 16.7. The van der Waals surface area contributed by atoms with Gasteiger partial charge in [0.2, 0.25) is 18.1 Å². The number of ether oxygens (including phenoxy) is 8. The van der Waals surface area contributed by atoms with Gasteiger partial charge in [0.1, 0.15) is 37.3 Å². The van der Waals surface area contributed by atoms with Gasteiger partial charge in [-0.25, -0.2) is 4.79 Å². The molecule has 14 heteroatoms. The summed E-state index contributed by atoms with van der Waals surface area (Å²) in [7, 11) is 0. The summed E-state index contributed by atoms with van der Waals surface area (Å²) in [5.74, 6) is -2.93. The standard InChI is InChI=1S/C37H36O14/c1-21(38)43-20-30-32(46-22(2)39)33(47-23(3)40)35(48-24(4)41)37(51-30)49-27-15-16-28-29(17-27)50-36(42)34(45-19-26-13-9-6-10-14-26)31(28)44-18-25-11-7-5-8-12-25/h5-17,30,32-33,35,37H,18-20H2,1-4H3/t30-,32+,33+,35-,37-/m1/s1. The van der Waals surface area contributed by atoms with Gasteiger partial charge in [-0.1, -0.05) is 60.7 Å². The Hall–Kier alpha value is -5.89. The molecule has 0 N–H and O–H groups in total. The third-order valence-electron chi connectivity index (χ3n) is 7.44. The van der Waals surface area contributed by atoms with Crippen molar-refractivity contribution >= 4 is 34.8 Å². The van der Waals surface area contributed by atoms with Crippen LogP contribution in [-0.4, -0.2) is 61.2 Å². The third-order valence-corrected chi connectivity index (χ3v) is 7.44. The van der Waals surface area contributed by atoms with Crippen LogP contribution in [0.4, 0.5) is 0 Å². The van der Waals surface area contributed by atoms with Gasteiger partial charge in [0, 0.05) is 33.8 Å². The van der Waals surface area contributed by atoms with Crippen LogP contribution in [0.1, 0.15) is 38.8 Å². The smallest absolute Gasteiger partial charge is 0.383 e. The van der Waals surface area contributed by atoms with Crippen molar-refractivity contribution in [2.24, 2.45) is 0 Å². The van der Waals surface area contributed by atoms with Crippen molar-refractivity contribution in [3.8, 4) is 17.2 Å². The van der Waals surface area contributed by atoms with Crippen LogP contribution in [0.25, 0.3) is 11.0 Å². The Bertz CT molecular complexity index is 1910. The zero-order valence-corrected chi connectivity index (χ0v) is 28.2. The van der Waals surface area contributed by atoms with Crippen molar-refractivity contribution in [2.45, 2.75) is 71.6 Å². The summed E-state index contributed by atoms with van der Waals surface area (Å²) < 4.78 is 51.4. The number of hydrogen-bond donors (Lipinski definition) is 0. The maximum absolute atomic E-state index is 13.4. The Labute approximate surface area is 292 Å². The second-order valence-electron chi connectivity index (χ2n) is 11.4. The fourth-order valence-corrected chi connectivity index (χ4v) is 5.35. The average Bonchev–Trinajstić information content (AvgIpc) is 3.08. The Morgan fingerprint density at radius 1 is 0.647 bits per heavy atom. The number of carbonyl (C=O) groups excluding carboxylic acids is 4. The molecule has 5 rings (SSSR count). The van der Waals surface area contributed by atoms with E-state index in [0.29, 0.717) is 5.39 Å². The summed E-state index contributed by atoms with van der Waals surface area (Å²) in [6.07, 6.45) is -6.99. The number of rotatable bonds is 13. The molecule has 1 aromatic heterocycles. The molecule has 0 saturated carbocycles. The van der Waals surface area contributed by atoms with Gasteiger partial charge in [0.25, 0.3) is 0 Å². The van der Waals surface area contributed by atoms with Crippen molar-refractivity contribution in [3.05, 3.63) is 100 Å². The van der Waals surface area contributed by atoms with Crippen molar-refractivity contribution in [1.82, 2.24) is 0 Å². The highest BCUT2D eigenvalue weighted by Gasteiger charge is 2.53. The molecular formula is C37H36O14. The van der Waals surface area contributed by atoms with E-state index in [2.05, 4.69) is 0 Å². The molecule has 0 bridgehead atoms. The Morgan fingerprint density at radius 3 is 1.76 bits per heavy atom. The molecule has 51 heavy (non-hydrogen) atoms. The van der Waals surface area contributed by atoms with Crippen molar-refractivity contribution in [1.29, 1.82) is 0 Å². The lowest BCUT2D eigenvalue weighted by molar-refractivity contribution is -0.288. The van der Waals surface area contributed by atoms with Crippen molar-refractivity contribution < 1.29 is 61.5 Å². The van der Waals surface area contributed by atoms with Crippen LogP contribution < -0.4 is 19.8 Å². The zero-order chi connectivity index (χ0) is 36.5. The Kier molecular flexibility index (Phi) is 11.9. The molecule has 5 atom stereocenters. The highest BCUT2D eigenvalue weighted by atomic mass is 16.7. The summed E-state index contributed by atoms with van der Waals surface area (Å²) in [5, 5.41) is 0.377. The van der Waals surface area contributed by atoms with Gasteiger partial charge in [-0.2, -0.15) is 0 Å². The molecule has 3 aromatic carbocycles. The number of esters is 4. The van der Waals surface area contributed by atoms with Gasteiger partial charge in [-0.15, -0.1) is 0 Å². The predicted octanol–water partition coefficient (Wildman–Crippen LogP) is 4.41. The first-order valence-corrected chi connectivity index (χ1v) is 15.9. The molecule has 0 amide bonds. The lowest BCUT2D eigenvalue weighted by atomic mass is 9.98. The van der Waals surface area contributed by atoms with Crippen molar-refractivity contribution in [3.63, 3.8) is 0 Å². The zero-order valence-electron chi connectivity index (χ0n) is 28.2. The lowest BCUT2D eigenvalue weighted by Gasteiger charge is -2.43. The lowest BCUT2D eigenvalue weighted by Crippen LogP contribution is -2.63. The predicted molar refractivity (Wildman–Crippen MR) is 177 cm³/mol. The molecule has 1 aliphatic heterocycles. The van der Waals surface area contributed by atoms with E-state index in [4.69, 9.17) is 42.3 Å². The fourth-order valence-electron chi connectivity index (χ4n) is 5.35. The van der Waals surface area contributed by atoms with Crippen LogP contribution in [0, 0.1) is 0 Å². The molecule has 0 aliphatic carbocycles. The van der Waals surface area contributed by atoms with E-state index < -0.39 is 66.8 Å². The topological polar surface area (TPSA) is 172 Å². The third kappa shape index (κ3) is 9.63. The van der Waals surface area contributed by atoms with E-state index in [-0.39, 0.29) is 36.0 Å². The van der Waals surface area contributed by atoms with E-state index >= 15 is 0 Å². The fraction of sp³-hybridized carbons (Fsp3) is 0.324. The molecule has 0 spiro atoms. The summed E-state index contributed by atoms with van der Waals surface area (Å²) in [4.78, 5) is 61.5. The highest BCUT2D eigenvalue weighted by molar-refractivity contribution is 5.86. The maximum Gasteiger partial charge on any atom is 0.383 e. The molecule has 0 unspecified atom stereocenters. The summed E-state index contributed by atoms with van der Waals surface area (Å²) >= 11 is 0. The van der Waals surface area contributed by atoms with E-state index in [1.165, 1.54) is 19.1 Å². The Morgan fingerprint density at radius 2 is 1.20 bits per heavy atom. The second-order valence-corrected chi connectivity index (χ2v) is 11.4. The SMILES string of the molecule is CC(=O)OC[C@H]1O[C@@H](Oc2ccc3c(OCc4ccccc4)c(OCc4ccccc4)c(=O)oc3c2)[C@H](OC(C)=O)[C@@H](OC(C)=O)[C@H]1OC(C)=O. The molecule has 268 valence electrons. The van der Waals surface area contributed by atoms with Gasteiger partial charge in [0.05, 0.1) is 5.39 Å². The molecular weight excluding hydrogens is 668 g/mol. The largest absolute Gasteiger partial charge is 0.484 e. The minimum atomic E-state index is -1.50. The van der Waals surface area contributed by atoms with Gasteiger partial charge in [-0.05, 0) is 23.3 Å². The van der Waals surface area contributed by atoms with E-state index in [0.717, 1.165) is 31.9 Å². The quantitative estimate of drug-likeness (QED) is 0.109. The number of hydrogen-bond acceptors (Lipinski definition) is 14. The van der Waals surface area contributed by atoms with Crippen LogP contribution in [0.15, 0.2) is 88.1 Å². The van der Waals surface area contributed by atoms with E-state index in [1.807, 2.05) is 60.7 Å². The van der Waals surface area contributed by atoms with Crippen LogP contribution in [-0.2, 0) is 56.1 Å². The first-order chi connectivity index (χ1) is 24.5. The van der Waals surface area contributed by atoms with Crippen molar-refractivity contribution in [2.75, 3.05) is 6.61 Å². The summed E-state index contributed by atoms with van der Waals surface area (Å²) in [6.45, 7) is 4.28. The highest BCUT2D eigenvalue weighted by Crippen LogP contribution is 2.37. The molecule has 0 radical (unpaired) electrons. The van der Waals surface area contributed by atoms with Gasteiger partial charge in [-0.3, -0.25) is 19.2 Å². The molecule has 4 aromatic rings. The normalized spacial score (nSPS) is 19.7. The van der Waals surface area contributed by atoms with Crippen LogP contribution >= 0.6 is 0 Å². The average molecular weight is 705 g/mol. The molecule has 2 heterocycles. The van der Waals surface area contributed by atoms with Gasteiger partial charge < -0.3 is 42.3 Å². The Balaban J connectivity index is 1.51. The maximum atomic E-state index is 13.4. The first kappa shape index (κ1) is 36.4. The van der Waals surface area contributed by atoms with Gasteiger partial charge >= 0.3 is 29.5 Å². The number of benzene rings is 3. The van der Waals surface area contributed by atoms with Crippen LogP contribution in [0.2, 0.25) is 0 Å². The van der Waals surface area contributed by atoms with E-state index in [1.54, 1.807) is 6.07 Å². The van der Waals surface area contributed by atoms with Crippen LogP contribution in [0.5, 0.6) is 17.2 Å². The number of carbonyl (C=O) groups is 4. The number of fused-ring (bicyclic) bond motifs is 1. The molecule has 1 saturated heterocycles. The molecule has 1 fully saturated rings. The van der Waals surface area contributed by atoms with E-state index in [9.17, 15) is 24.0 Å². The monoisotopic (exact) mass is 704 g/mol. The summed E-state index contributed by atoms with van der Waals surface area (Å²) in [6, 6.07) is 23.1. The van der Waals surface area contributed by atoms with Gasteiger partial charge in [0.15, 0.2) is 18.0 Å². The molecule has 14 nitrogen and oxygen atoms in total. The minimum absolute atomic E-state index is 0.0539. The summed E-state index contributed by atoms with van der Waals surface area (Å²) in [5.41, 5.74) is 0.903. The molecule has 1 aliphatic rings.